The summed E-state index contributed by atoms with van der Waals surface area (Å²) in [6.45, 7) is 11.7. The fourth-order valence-electron chi connectivity index (χ4n) is 1.56. The van der Waals surface area contributed by atoms with E-state index in [9.17, 15) is 4.79 Å². The average molecular weight is 292 g/mol. The summed E-state index contributed by atoms with van der Waals surface area (Å²) < 4.78 is 4.75. The van der Waals surface area contributed by atoms with E-state index in [1.807, 2.05) is 38.1 Å². The number of ketones is 1. The second-order valence-electron chi connectivity index (χ2n) is 5.31. The number of aliphatic hydroxyl groups excluding tert-OH is 1. The molecule has 0 bridgehead atoms. The first-order valence-electron chi connectivity index (χ1n) is 7.34. The maximum absolute atomic E-state index is 11.3. The van der Waals surface area contributed by atoms with E-state index in [1.54, 1.807) is 7.11 Å². The first-order valence-corrected chi connectivity index (χ1v) is 7.34. The van der Waals surface area contributed by atoms with Crippen LogP contribution >= 0.6 is 0 Å². The Bertz CT molecular complexity index is 432. The zero-order valence-electron chi connectivity index (χ0n) is 13.8. The number of Topliss-reactive ketones (excluding diaryl/α,β-unsaturated/α-hetero) is 1. The summed E-state index contributed by atoms with van der Waals surface area (Å²) in [7, 11) is 1.55. The van der Waals surface area contributed by atoms with Crippen LogP contribution in [-0.2, 0) is 4.74 Å². The molecular formula is C18H28O3. The Morgan fingerprint density at radius 2 is 1.76 bits per heavy atom. The number of hydrogen-bond acceptors (Lipinski definition) is 3. The molecule has 0 aliphatic carbocycles. The second-order valence-corrected chi connectivity index (χ2v) is 5.31. The zero-order chi connectivity index (χ0) is 16.4. The summed E-state index contributed by atoms with van der Waals surface area (Å²) in [6.07, 6.45) is 0.584. The van der Waals surface area contributed by atoms with Crippen LogP contribution < -0.4 is 0 Å². The van der Waals surface area contributed by atoms with Gasteiger partial charge in [-0.25, -0.2) is 0 Å². The van der Waals surface area contributed by atoms with Gasteiger partial charge in [0.05, 0.1) is 19.5 Å². The van der Waals surface area contributed by atoms with Crippen LogP contribution in [0.4, 0.5) is 0 Å². The summed E-state index contributed by atoms with van der Waals surface area (Å²) in [5, 5.41) is 8.50. The SMILES string of the molecule is C=C(OC)C(C)CO.CCC(=O)c1ccc(C(C)C)cc1. The molecule has 3 nitrogen and oxygen atoms in total. The number of ether oxygens (including phenoxy) is 1. The molecule has 0 aromatic heterocycles. The van der Waals surface area contributed by atoms with Crippen molar-refractivity contribution in [2.45, 2.75) is 40.0 Å². The third kappa shape index (κ3) is 7.09. The maximum atomic E-state index is 11.3. The van der Waals surface area contributed by atoms with Gasteiger partial charge in [0, 0.05) is 17.9 Å². The lowest BCUT2D eigenvalue weighted by Gasteiger charge is -2.08. The number of carbonyl (C=O) groups is 1. The number of rotatable bonds is 6. The lowest BCUT2D eigenvalue weighted by molar-refractivity contribution is 0.0988. The highest BCUT2D eigenvalue weighted by atomic mass is 16.5. The quantitative estimate of drug-likeness (QED) is 0.632. The lowest BCUT2D eigenvalue weighted by atomic mass is 10.00. The molecule has 3 heteroatoms. The Balaban J connectivity index is 0.000000433. The molecule has 1 rings (SSSR count). The highest BCUT2D eigenvalue weighted by Gasteiger charge is 2.03. The van der Waals surface area contributed by atoms with Gasteiger partial charge in [-0.2, -0.15) is 0 Å². The van der Waals surface area contributed by atoms with E-state index in [4.69, 9.17) is 9.84 Å². The Morgan fingerprint density at radius 1 is 1.24 bits per heavy atom. The molecule has 1 aromatic carbocycles. The first kappa shape index (κ1) is 19.4. The number of aliphatic hydroxyl groups is 1. The van der Waals surface area contributed by atoms with E-state index in [-0.39, 0.29) is 18.3 Å². The molecule has 1 N–H and O–H groups in total. The van der Waals surface area contributed by atoms with Crippen LogP contribution in [0.1, 0.15) is 56.0 Å². The highest BCUT2D eigenvalue weighted by molar-refractivity contribution is 5.95. The van der Waals surface area contributed by atoms with Crippen molar-refractivity contribution in [3.05, 3.63) is 47.7 Å². The van der Waals surface area contributed by atoms with Gasteiger partial charge in [-0.05, 0) is 11.5 Å². The summed E-state index contributed by atoms with van der Waals surface area (Å²) in [5.74, 6) is 1.44. The van der Waals surface area contributed by atoms with Crippen molar-refractivity contribution in [3.63, 3.8) is 0 Å². The molecule has 21 heavy (non-hydrogen) atoms. The molecule has 1 unspecified atom stereocenters. The normalized spacial score (nSPS) is 11.4. The molecule has 0 saturated heterocycles. The monoisotopic (exact) mass is 292 g/mol. The van der Waals surface area contributed by atoms with Crippen molar-refractivity contribution < 1.29 is 14.6 Å². The number of benzene rings is 1. The van der Waals surface area contributed by atoms with Crippen LogP contribution in [-0.4, -0.2) is 24.6 Å². The predicted octanol–water partition coefficient (Wildman–Crippen LogP) is 4.18. The Labute approximate surface area is 128 Å². The van der Waals surface area contributed by atoms with Gasteiger partial charge in [0.2, 0.25) is 0 Å². The summed E-state index contributed by atoms with van der Waals surface area (Å²) in [4.78, 5) is 11.3. The van der Waals surface area contributed by atoms with E-state index < -0.39 is 0 Å². The fraction of sp³-hybridized carbons (Fsp3) is 0.500. The van der Waals surface area contributed by atoms with Crippen molar-refractivity contribution in [1.82, 2.24) is 0 Å². The van der Waals surface area contributed by atoms with Gasteiger partial charge < -0.3 is 9.84 Å². The zero-order valence-corrected chi connectivity index (χ0v) is 13.8. The van der Waals surface area contributed by atoms with Gasteiger partial charge in [-0.15, -0.1) is 0 Å². The van der Waals surface area contributed by atoms with Crippen molar-refractivity contribution >= 4 is 5.78 Å². The van der Waals surface area contributed by atoms with Gasteiger partial charge in [-0.3, -0.25) is 4.79 Å². The Morgan fingerprint density at radius 3 is 2.05 bits per heavy atom. The molecule has 1 atom stereocenters. The van der Waals surface area contributed by atoms with E-state index >= 15 is 0 Å². The maximum Gasteiger partial charge on any atom is 0.162 e. The second kappa shape index (κ2) is 10.2. The predicted molar refractivity (Wildman–Crippen MR) is 87.6 cm³/mol. The lowest BCUT2D eigenvalue weighted by Crippen LogP contribution is -2.04. The van der Waals surface area contributed by atoms with Crippen LogP contribution in [0, 0.1) is 5.92 Å². The topological polar surface area (TPSA) is 46.5 Å². The van der Waals surface area contributed by atoms with Crippen LogP contribution in [0.15, 0.2) is 36.6 Å². The molecule has 0 saturated carbocycles. The molecule has 0 aliphatic rings. The molecular weight excluding hydrogens is 264 g/mol. The summed E-state index contributed by atoms with van der Waals surface area (Å²) >= 11 is 0. The minimum Gasteiger partial charge on any atom is -0.501 e. The molecule has 0 amide bonds. The van der Waals surface area contributed by atoms with E-state index in [0.29, 0.717) is 18.1 Å². The summed E-state index contributed by atoms with van der Waals surface area (Å²) in [6, 6.07) is 7.91. The van der Waals surface area contributed by atoms with Crippen molar-refractivity contribution in [3.8, 4) is 0 Å². The third-order valence-corrected chi connectivity index (χ3v) is 3.31. The first-order chi connectivity index (χ1) is 9.87. The number of hydrogen-bond donors (Lipinski definition) is 1. The molecule has 1 aromatic rings. The Kier molecular flexibility index (Phi) is 9.39. The summed E-state index contributed by atoms with van der Waals surface area (Å²) in [5.41, 5.74) is 2.11. The fourth-order valence-corrected chi connectivity index (χ4v) is 1.56. The number of carbonyl (C=O) groups excluding carboxylic acids is 1. The molecule has 0 aliphatic heterocycles. The van der Waals surface area contributed by atoms with Gasteiger partial charge in [-0.1, -0.05) is 58.5 Å². The number of methoxy groups -OCH3 is 1. The van der Waals surface area contributed by atoms with Crippen LogP contribution in [0.2, 0.25) is 0 Å². The molecule has 0 spiro atoms. The van der Waals surface area contributed by atoms with Crippen LogP contribution in [0.3, 0.4) is 0 Å². The molecule has 0 heterocycles. The van der Waals surface area contributed by atoms with Crippen LogP contribution in [0.25, 0.3) is 0 Å². The van der Waals surface area contributed by atoms with Gasteiger partial charge in [0.25, 0.3) is 0 Å². The van der Waals surface area contributed by atoms with Gasteiger partial charge in [0.1, 0.15) is 0 Å². The van der Waals surface area contributed by atoms with Gasteiger partial charge in [0.15, 0.2) is 5.78 Å². The van der Waals surface area contributed by atoms with Gasteiger partial charge >= 0.3 is 0 Å². The molecule has 118 valence electrons. The highest BCUT2D eigenvalue weighted by Crippen LogP contribution is 2.15. The average Bonchev–Trinajstić information content (AvgIpc) is 2.53. The van der Waals surface area contributed by atoms with Crippen molar-refractivity contribution in [1.29, 1.82) is 0 Å². The van der Waals surface area contributed by atoms with E-state index in [0.717, 1.165) is 5.56 Å². The third-order valence-electron chi connectivity index (χ3n) is 3.31. The smallest absolute Gasteiger partial charge is 0.162 e. The molecule has 0 radical (unpaired) electrons. The Hall–Kier alpha value is -1.61. The van der Waals surface area contributed by atoms with Crippen LogP contribution in [0.5, 0.6) is 0 Å². The largest absolute Gasteiger partial charge is 0.501 e. The standard InChI is InChI=1S/C12H16O.C6H12O2/c1-4-12(13)11-7-5-10(6-8-11)9(2)3;1-5(4-7)6(2)8-3/h5-9H,4H2,1-3H3;5,7H,2,4H2,1,3H3. The van der Waals surface area contributed by atoms with E-state index in [2.05, 4.69) is 20.4 Å². The van der Waals surface area contributed by atoms with Crippen molar-refractivity contribution in [2.75, 3.05) is 13.7 Å². The van der Waals surface area contributed by atoms with Crippen molar-refractivity contribution in [2.24, 2.45) is 5.92 Å². The molecule has 0 fully saturated rings. The van der Waals surface area contributed by atoms with E-state index in [1.165, 1.54) is 5.56 Å². The minimum atomic E-state index is 0.0556. The minimum absolute atomic E-state index is 0.0556.